The van der Waals surface area contributed by atoms with Crippen LogP contribution in [0.4, 0.5) is 14.3 Å². The van der Waals surface area contributed by atoms with Gasteiger partial charge in [0.15, 0.2) is 5.13 Å². The minimum absolute atomic E-state index is 0.0518. The fourth-order valence-corrected chi connectivity index (χ4v) is 4.37. The highest BCUT2D eigenvalue weighted by Gasteiger charge is 2.27. The number of carbonyl (C=O) groups excluding carboxylic acids is 2. The predicted octanol–water partition coefficient (Wildman–Crippen LogP) is 2.98. The van der Waals surface area contributed by atoms with Crippen LogP contribution in [0.25, 0.3) is 0 Å². The maximum atomic E-state index is 13.2. The van der Waals surface area contributed by atoms with E-state index in [4.69, 9.17) is 0 Å². The first-order valence-corrected chi connectivity index (χ1v) is 11.3. The van der Waals surface area contributed by atoms with Crippen LogP contribution in [0.5, 0.6) is 5.75 Å². The number of aromatic nitrogens is 1. The van der Waals surface area contributed by atoms with E-state index < -0.39 is 6.03 Å². The number of urea groups is 1. The van der Waals surface area contributed by atoms with Crippen molar-refractivity contribution in [2.45, 2.75) is 32.1 Å². The fraction of sp³-hybridized carbons (Fsp3) is 0.261. The molecule has 0 saturated heterocycles. The van der Waals surface area contributed by atoms with E-state index in [0.717, 1.165) is 11.1 Å². The third-order valence-corrected chi connectivity index (χ3v) is 6.15. The Hall–Kier alpha value is -3.50. The standard InChI is InChI=1S/C23H24FN5O3S/c1-29(21(31)20-9-15-5-6-19(30)8-16(15)11-25-20)12-18-13-33-23(27-18)28-22(32)26-10-14-3-2-4-17(24)7-14/h2-8,13,20,25,30H,9-12H2,1H3,(H2,26,27,28,32). The van der Waals surface area contributed by atoms with Crippen molar-refractivity contribution in [3.8, 4) is 5.75 Å². The first kappa shape index (κ1) is 22.7. The number of rotatable bonds is 6. The molecule has 1 aliphatic rings. The Balaban J connectivity index is 1.27. The summed E-state index contributed by atoms with van der Waals surface area (Å²) in [6.45, 7) is 1.02. The topological polar surface area (TPSA) is 107 Å². The molecule has 10 heteroatoms. The lowest BCUT2D eigenvalue weighted by molar-refractivity contribution is -0.132. The molecular weight excluding hydrogens is 445 g/mol. The lowest BCUT2D eigenvalue weighted by Gasteiger charge is -2.28. The van der Waals surface area contributed by atoms with E-state index >= 15 is 0 Å². The highest BCUT2D eigenvalue weighted by Crippen LogP contribution is 2.23. The fourth-order valence-electron chi connectivity index (χ4n) is 3.67. The van der Waals surface area contributed by atoms with E-state index in [1.54, 1.807) is 41.6 Å². The number of hydrogen-bond acceptors (Lipinski definition) is 6. The first-order valence-electron chi connectivity index (χ1n) is 10.4. The molecule has 0 aliphatic carbocycles. The molecule has 172 valence electrons. The summed E-state index contributed by atoms with van der Waals surface area (Å²) in [5.74, 6) is -0.193. The zero-order valence-corrected chi connectivity index (χ0v) is 18.8. The lowest BCUT2D eigenvalue weighted by atomic mass is 9.95. The maximum Gasteiger partial charge on any atom is 0.321 e. The number of amides is 3. The molecular formula is C23H24FN5O3S. The maximum absolute atomic E-state index is 13.2. The number of benzene rings is 2. The number of nitrogens with one attached hydrogen (secondary N) is 3. The van der Waals surface area contributed by atoms with E-state index in [2.05, 4.69) is 20.9 Å². The first-order chi connectivity index (χ1) is 15.9. The van der Waals surface area contributed by atoms with E-state index in [1.807, 2.05) is 6.07 Å². The Bertz CT molecular complexity index is 1170. The molecule has 3 aromatic rings. The quantitative estimate of drug-likeness (QED) is 0.444. The normalized spacial score (nSPS) is 14.9. The molecule has 2 heterocycles. The third kappa shape index (κ3) is 5.85. The number of nitrogens with zero attached hydrogens (tertiary/aromatic N) is 2. The van der Waals surface area contributed by atoms with Crippen LogP contribution >= 0.6 is 11.3 Å². The summed E-state index contributed by atoms with van der Waals surface area (Å²) in [7, 11) is 1.72. The van der Waals surface area contributed by atoms with Crippen LogP contribution in [0.1, 0.15) is 22.4 Å². The summed E-state index contributed by atoms with van der Waals surface area (Å²) in [5.41, 5.74) is 3.36. The van der Waals surface area contributed by atoms with Crippen LogP contribution in [0.3, 0.4) is 0 Å². The van der Waals surface area contributed by atoms with Crippen molar-refractivity contribution in [2.75, 3.05) is 12.4 Å². The lowest BCUT2D eigenvalue weighted by Crippen LogP contribution is -2.48. The second kappa shape index (κ2) is 9.97. The Kier molecular flexibility index (Phi) is 6.85. The zero-order chi connectivity index (χ0) is 23.4. The molecule has 0 saturated carbocycles. The van der Waals surface area contributed by atoms with Crippen molar-refractivity contribution in [1.82, 2.24) is 20.5 Å². The zero-order valence-electron chi connectivity index (χ0n) is 18.0. The molecule has 1 unspecified atom stereocenters. The average Bonchev–Trinajstić information content (AvgIpc) is 3.23. The molecule has 1 atom stereocenters. The number of aromatic hydroxyl groups is 1. The van der Waals surface area contributed by atoms with Gasteiger partial charge in [0.1, 0.15) is 11.6 Å². The molecule has 4 N–H and O–H groups in total. The van der Waals surface area contributed by atoms with Crippen molar-refractivity contribution in [3.05, 3.63) is 76.0 Å². The number of carbonyl (C=O) groups is 2. The third-order valence-electron chi connectivity index (χ3n) is 5.34. The molecule has 4 rings (SSSR count). The number of halogens is 1. The number of likely N-dealkylation sites (N-methyl/N-ethyl adjacent to an activating group) is 1. The number of phenolic OH excluding ortho intramolecular Hbond substituents is 1. The van der Waals surface area contributed by atoms with Gasteiger partial charge in [-0.15, -0.1) is 11.3 Å². The van der Waals surface area contributed by atoms with Crippen molar-refractivity contribution in [2.24, 2.45) is 0 Å². The highest BCUT2D eigenvalue weighted by molar-refractivity contribution is 7.13. The monoisotopic (exact) mass is 469 g/mol. The average molecular weight is 470 g/mol. The summed E-state index contributed by atoms with van der Waals surface area (Å²) in [4.78, 5) is 31.0. The van der Waals surface area contributed by atoms with Gasteiger partial charge in [-0.05, 0) is 47.4 Å². The van der Waals surface area contributed by atoms with Gasteiger partial charge in [0.2, 0.25) is 5.91 Å². The second-order valence-electron chi connectivity index (χ2n) is 7.87. The molecule has 0 fully saturated rings. The van der Waals surface area contributed by atoms with Crippen molar-refractivity contribution < 1.29 is 19.1 Å². The molecule has 1 aromatic heterocycles. The predicted molar refractivity (Wildman–Crippen MR) is 123 cm³/mol. The largest absolute Gasteiger partial charge is 0.508 e. The van der Waals surface area contributed by atoms with Gasteiger partial charge in [0, 0.05) is 25.5 Å². The van der Waals surface area contributed by atoms with E-state index in [1.165, 1.54) is 23.5 Å². The Morgan fingerprint density at radius 3 is 2.94 bits per heavy atom. The van der Waals surface area contributed by atoms with E-state index in [-0.39, 0.29) is 30.1 Å². The van der Waals surface area contributed by atoms with Gasteiger partial charge in [-0.3, -0.25) is 10.1 Å². The summed E-state index contributed by atoms with van der Waals surface area (Å²) < 4.78 is 13.2. The molecule has 0 bridgehead atoms. The number of hydrogen-bond donors (Lipinski definition) is 4. The molecule has 0 radical (unpaired) electrons. The van der Waals surface area contributed by atoms with Crippen LogP contribution < -0.4 is 16.0 Å². The Labute approximate surface area is 194 Å². The summed E-state index contributed by atoms with van der Waals surface area (Å²) in [6.07, 6.45) is 0.550. The van der Waals surface area contributed by atoms with Gasteiger partial charge >= 0.3 is 6.03 Å². The van der Waals surface area contributed by atoms with Crippen LogP contribution in [0, 0.1) is 5.82 Å². The highest BCUT2D eigenvalue weighted by atomic mass is 32.1. The van der Waals surface area contributed by atoms with Gasteiger partial charge in [-0.25, -0.2) is 14.2 Å². The van der Waals surface area contributed by atoms with Crippen LogP contribution in [0.15, 0.2) is 47.8 Å². The molecule has 8 nitrogen and oxygen atoms in total. The van der Waals surface area contributed by atoms with Gasteiger partial charge in [-0.1, -0.05) is 18.2 Å². The minimum Gasteiger partial charge on any atom is -0.508 e. The number of anilines is 1. The summed E-state index contributed by atoms with van der Waals surface area (Å²) >= 11 is 1.26. The van der Waals surface area contributed by atoms with Crippen molar-refractivity contribution in [3.63, 3.8) is 0 Å². The summed E-state index contributed by atoms with van der Waals surface area (Å²) in [6, 6.07) is 10.4. The van der Waals surface area contributed by atoms with Crippen molar-refractivity contribution >= 4 is 28.4 Å². The number of phenols is 1. The minimum atomic E-state index is -0.444. The van der Waals surface area contributed by atoms with Gasteiger partial charge in [0.25, 0.3) is 0 Å². The Morgan fingerprint density at radius 2 is 2.12 bits per heavy atom. The van der Waals surface area contributed by atoms with E-state index in [0.29, 0.717) is 35.9 Å². The van der Waals surface area contributed by atoms with E-state index in [9.17, 15) is 19.1 Å². The summed E-state index contributed by atoms with van der Waals surface area (Å²) in [5, 5.41) is 20.3. The molecule has 3 amide bonds. The van der Waals surface area contributed by atoms with Gasteiger partial charge in [-0.2, -0.15) is 0 Å². The van der Waals surface area contributed by atoms with Crippen LogP contribution in [-0.4, -0.2) is 40.0 Å². The second-order valence-corrected chi connectivity index (χ2v) is 8.72. The van der Waals surface area contributed by atoms with Gasteiger partial charge in [0.05, 0.1) is 18.3 Å². The molecule has 2 aromatic carbocycles. The SMILES string of the molecule is CN(Cc1csc(NC(=O)NCc2cccc(F)c2)n1)C(=O)C1Cc2ccc(O)cc2CN1. The van der Waals surface area contributed by atoms with Gasteiger partial charge < -0.3 is 20.6 Å². The van der Waals surface area contributed by atoms with Crippen molar-refractivity contribution in [1.29, 1.82) is 0 Å². The van der Waals surface area contributed by atoms with Crippen LogP contribution in [-0.2, 0) is 30.8 Å². The number of thiazole rings is 1. The molecule has 1 aliphatic heterocycles. The smallest absolute Gasteiger partial charge is 0.321 e. The molecule has 33 heavy (non-hydrogen) atoms. The van der Waals surface area contributed by atoms with Crippen LogP contribution in [0.2, 0.25) is 0 Å². The molecule has 0 spiro atoms. The Morgan fingerprint density at radius 1 is 1.27 bits per heavy atom. The number of fused-ring (bicyclic) bond motifs is 1.